The zero-order chi connectivity index (χ0) is 13.0. The zero-order valence-electron chi connectivity index (χ0n) is 10.5. The Balaban J connectivity index is 1.88. The highest BCUT2D eigenvalue weighted by atomic mass is 35.5. The van der Waals surface area contributed by atoms with Crippen molar-refractivity contribution < 1.29 is 0 Å². The molecule has 0 bridgehead atoms. The number of hydrogen-bond acceptors (Lipinski definition) is 4. The molecule has 1 aromatic heterocycles. The number of nitrogens with one attached hydrogen (secondary N) is 1. The molecule has 5 heteroatoms. The predicted octanol–water partition coefficient (Wildman–Crippen LogP) is 2.50. The predicted molar refractivity (Wildman–Crippen MR) is 72.7 cm³/mol. The van der Waals surface area contributed by atoms with Gasteiger partial charge in [-0.25, -0.2) is 4.98 Å². The summed E-state index contributed by atoms with van der Waals surface area (Å²) in [5.41, 5.74) is 0.462. The molecule has 1 aliphatic rings. The van der Waals surface area contributed by atoms with Gasteiger partial charge >= 0.3 is 0 Å². The maximum atomic E-state index is 8.88. The number of hydrogen-bond donors (Lipinski definition) is 1. The molecule has 0 saturated heterocycles. The van der Waals surface area contributed by atoms with Gasteiger partial charge in [0.25, 0.3) is 0 Å². The molecule has 96 valence electrons. The topological polar surface area (TPSA) is 52.0 Å². The average Bonchev–Trinajstić information content (AvgIpc) is 3.21. The Hall–Kier alpha value is -1.31. The molecule has 1 saturated carbocycles. The van der Waals surface area contributed by atoms with E-state index < -0.39 is 0 Å². The number of rotatable bonds is 6. The molecular formula is C13H17ClN4. The second-order valence-electron chi connectivity index (χ2n) is 4.42. The summed E-state index contributed by atoms with van der Waals surface area (Å²) in [6.07, 6.45) is 4.23. The minimum Gasteiger partial charge on any atom is -0.368 e. The van der Waals surface area contributed by atoms with Gasteiger partial charge in [-0.2, -0.15) is 5.26 Å². The molecule has 0 radical (unpaired) electrons. The van der Waals surface area contributed by atoms with E-state index in [0.717, 1.165) is 25.7 Å². The van der Waals surface area contributed by atoms with E-state index in [0.29, 0.717) is 16.4 Å². The Morgan fingerprint density at radius 1 is 1.61 bits per heavy atom. The number of likely N-dealkylation sites (N-methyl/N-ethyl adjacent to an activating group) is 1. The Kier molecular flexibility index (Phi) is 4.40. The van der Waals surface area contributed by atoms with Crippen LogP contribution in [0.15, 0.2) is 12.3 Å². The number of nitriles is 1. The quantitative estimate of drug-likeness (QED) is 0.858. The first-order valence-electron chi connectivity index (χ1n) is 6.28. The smallest absolute Gasteiger partial charge is 0.146 e. The summed E-state index contributed by atoms with van der Waals surface area (Å²) in [5.74, 6) is 0.600. The van der Waals surface area contributed by atoms with E-state index in [2.05, 4.69) is 28.2 Å². The van der Waals surface area contributed by atoms with Crippen LogP contribution in [0.25, 0.3) is 0 Å². The van der Waals surface area contributed by atoms with Crippen LogP contribution in [-0.4, -0.2) is 35.6 Å². The van der Waals surface area contributed by atoms with Crippen LogP contribution in [0, 0.1) is 11.3 Å². The van der Waals surface area contributed by atoms with E-state index in [9.17, 15) is 0 Å². The second-order valence-corrected chi connectivity index (χ2v) is 4.80. The summed E-state index contributed by atoms with van der Waals surface area (Å²) >= 11 is 6.07. The maximum absolute atomic E-state index is 8.88. The first-order valence-corrected chi connectivity index (χ1v) is 6.66. The van der Waals surface area contributed by atoms with Crippen molar-refractivity contribution in [2.45, 2.75) is 25.8 Å². The van der Waals surface area contributed by atoms with E-state index in [-0.39, 0.29) is 0 Å². The third-order valence-corrected chi connectivity index (χ3v) is 3.55. The van der Waals surface area contributed by atoms with Crippen LogP contribution in [0.1, 0.15) is 25.3 Å². The van der Waals surface area contributed by atoms with E-state index in [4.69, 9.17) is 16.9 Å². The van der Waals surface area contributed by atoms with Gasteiger partial charge in [0.2, 0.25) is 0 Å². The minimum absolute atomic E-state index is 0.412. The number of aromatic nitrogens is 1. The first kappa shape index (κ1) is 13.1. The van der Waals surface area contributed by atoms with E-state index in [1.165, 1.54) is 12.8 Å². The van der Waals surface area contributed by atoms with E-state index in [1.807, 2.05) is 0 Å². The molecule has 0 amide bonds. The molecule has 0 atom stereocenters. The van der Waals surface area contributed by atoms with Crippen LogP contribution in [0.4, 0.5) is 5.82 Å². The number of nitrogens with zero attached hydrogens (tertiary/aromatic N) is 3. The fourth-order valence-electron chi connectivity index (χ4n) is 2.01. The molecule has 1 heterocycles. The number of anilines is 1. The maximum Gasteiger partial charge on any atom is 0.146 e. The van der Waals surface area contributed by atoms with Crippen molar-refractivity contribution in [3.8, 4) is 6.07 Å². The molecule has 2 rings (SSSR count). The summed E-state index contributed by atoms with van der Waals surface area (Å²) in [7, 11) is 0. The summed E-state index contributed by atoms with van der Waals surface area (Å²) in [6, 6.07) is 4.44. The molecule has 4 nitrogen and oxygen atoms in total. The van der Waals surface area contributed by atoms with Crippen molar-refractivity contribution in [2.75, 3.05) is 25.0 Å². The van der Waals surface area contributed by atoms with Gasteiger partial charge in [-0.05, 0) is 25.5 Å². The lowest BCUT2D eigenvalue weighted by molar-refractivity contribution is 0.289. The molecular weight excluding hydrogens is 248 g/mol. The van der Waals surface area contributed by atoms with Gasteiger partial charge in [0.1, 0.15) is 16.9 Å². The Morgan fingerprint density at radius 3 is 3.00 bits per heavy atom. The van der Waals surface area contributed by atoms with Crippen LogP contribution in [0.3, 0.4) is 0 Å². The van der Waals surface area contributed by atoms with Crippen molar-refractivity contribution in [3.05, 3.63) is 22.8 Å². The van der Waals surface area contributed by atoms with Gasteiger partial charge in [-0.1, -0.05) is 18.5 Å². The molecule has 0 aliphatic heterocycles. The van der Waals surface area contributed by atoms with Gasteiger partial charge in [0, 0.05) is 25.3 Å². The molecule has 1 aliphatic carbocycles. The van der Waals surface area contributed by atoms with Gasteiger partial charge in [0.05, 0.1) is 5.56 Å². The van der Waals surface area contributed by atoms with Gasteiger partial charge in [0.15, 0.2) is 0 Å². The fraction of sp³-hybridized carbons (Fsp3) is 0.538. The molecule has 18 heavy (non-hydrogen) atoms. The number of pyridine rings is 1. The standard InChI is InChI=1S/C13H17ClN4/c1-2-18(11-3-4-11)8-7-17-13-12(14)10(9-15)5-6-16-13/h5-6,11H,2-4,7-8H2,1H3,(H,16,17). The van der Waals surface area contributed by atoms with Crippen molar-refractivity contribution in [3.63, 3.8) is 0 Å². The number of halogens is 1. The monoisotopic (exact) mass is 264 g/mol. The average molecular weight is 265 g/mol. The Morgan fingerprint density at radius 2 is 2.39 bits per heavy atom. The van der Waals surface area contributed by atoms with Crippen LogP contribution in [0.5, 0.6) is 0 Å². The minimum atomic E-state index is 0.412. The third-order valence-electron chi connectivity index (χ3n) is 3.17. The van der Waals surface area contributed by atoms with Crippen LogP contribution < -0.4 is 5.32 Å². The largest absolute Gasteiger partial charge is 0.368 e. The zero-order valence-corrected chi connectivity index (χ0v) is 11.2. The van der Waals surface area contributed by atoms with Crippen molar-refractivity contribution in [2.24, 2.45) is 0 Å². The second kappa shape index (κ2) is 6.03. The lowest BCUT2D eigenvalue weighted by atomic mass is 10.3. The van der Waals surface area contributed by atoms with Crippen LogP contribution in [0.2, 0.25) is 5.02 Å². The molecule has 1 aromatic rings. The highest BCUT2D eigenvalue weighted by Crippen LogP contribution is 2.26. The highest BCUT2D eigenvalue weighted by molar-refractivity contribution is 6.34. The summed E-state index contributed by atoms with van der Waals surface area (Å²) < 4.78 is 0. The molecule has 1 N–H and O–H groups in total. The van der Waals surface area contributed by atoms with Crippen molar-refractivity contribution >= 4 is 17.4 Å². The first-order chi connectivity index (χ1) is 8.76. The molecule has 1 fully saturated rings. The summed E-state index contributed by atoms with van der Waals surface area (Å²) in [6.45, 7) is 5.04. The Bertz CT molecular complexity index is 451. The van der Waals surface area contributed by atoms with Crippen molar-refractivity contribution in [1.82, 2.24) is 9.88 Å². The third kappa shape index (κ3) is 3.12. The van der Waals surface area contributed by atoms with E-state index in [1.54, 1.807) is 12.3 Å². The van der Waals surface area contributed by atoms with Gasteiger partial charge in [-0.3, -0.25) is 4.90 Å². The lowest BCUT2D eigenvalue weighted by Gasteiger charge is -2.20. The summed E-state index contributed by atoms with van der Waals surface area (Å²) in [5, 5.41) is 12.5. The fourth-order valence-corrected chi connectivity index (χ4v) is 2.23. The molecule has 0 unspecified atom stereocenters. The Labute approximate surface area is 113 Å². The van der Waals surface area contributed by atoms with Crippen molar-refractivity contribution in [1.29, 1.82) is 5.26 Å². The highest BCUT2D eigenvalue weighted by Gasteiger charge is 2.27. The molecule has 0 aromatic carbocycles. The normalized spacial score (nSPS) is 14.6. The SMILES string of the molecule is CCN(CCNc1nccc(C#N)c1Cl)C1CC1. The van der Waals surface area contributed by atoms with Crippen LogP contribution >= 0.6 is 11.6 Å². The van der Waals surface area contributed by atoms with E-state index >= 15 is 0 Å². The van der Waals surface area contributed by atoms with Gasteiger partial charge < -0.3 is 5.32 Å². The van der Waals surface area contributed by atoms with Gasteiger partial charge in [-0.15, -0.1) is 0 Å². The summed E-state index contributed by atoms with van der Waals surface area (Å²) in [4.78, 5) is 6.61. The molecule has 0 spiro atoms. The lowest BCUT2D eigenvalue weighted by Crippen LogP contribution is -2.31. The van der Waals surface area contributed by atoms with Crippen LogP contribution in [-0.2, 0) is 0 Å².